The zero-order valence-corrected chi connectivity index (χ0v) is 20.0. The van der Waals surface area contributed by atoms with E-state index in [1.165, 1.54) is 6.20 Å². The van der Waals surface area contributed by atoms with Crippen molar-refractivity contribution in [3.8, 4) is 11.3 Å². The van der Waals surface area contributed by atoms with Crippen molar-refractivity contribution in [3.63, 3.8) is 0 Å². The van der Waals surface area contributed by atoms with Crippen LogP contribution < -0.4 is 10.6 Å². The largest absolute Gasteiger partial charge is 0.419 e. The lowest BCUT2D eigenvalue weighted by atomic mass is 10.0. The number of benzene rings is 1. The second-order valence-corrected chi connectivity index (χ2v) is 9.66. The molecule has 36 heavy (non-hydrogen) atoms. The van der Waals surface area contributed by atoms with Crippen LogP contribution in [0.15, 0.2) is 30.6 Å². The number of carbonyl (C=O) groups excluding carboxylic acids is 1. The minimum atomic E-state index is -4.63. The SMILES string of the molecule is CC[C@@]1(O)CCN(C(=O)c2ccc3c(-c4nc(N[C@H]5CCCNC5)ncc4C(F)(F)F)c[nH]c3c2)C1. The molecule has 1 amide bonds. The highest BCUT2D eigenvalue weighted by molar-refractivity contribution is 6.02. The monoisotopic (exact) mass is 502 g/mol. The molecule has 0 spiro atoms. The molecule has 4 N–H and O–H groups in total. The number of aromatic amines is 1. The van der Waals surface area contributed by atoms with Crippen LogP contribution >= 0.6 is 0 Å². The molecule has 1 aromatic carbocycles. The fourth-order valence-electron chi connectivity index (χ4n) is 4.98. The lowest BCUT2D eigenvalue weighted by Gasteiger charge is -2.24. The Morgan fingerprint density at radius 2 is 2.19 bits per heavy atom. The molecule has 192 valence electrons. The van der Waals surface area contributed by atoms with Crippen LogP contribution in [0.5, 0.6) is 0 Å². The number of halogens is 3. The Hall–Kier alpha value is -3.18. The van der Waals surface area contributed by atoms with Crippen LogP contribution in [-0.4, -0.2) is 68.7 Å². The van der Waals surface area contributed by atoms with Gasteiger partial charge in [0.15, 0.2) is 0 Å². The van der Waals surface area contributed by atoms with Crippen molar-refractivity contribution in [2.45, 2.75) is 50.4 Å². The van der Waals surface area contributed by atoms with Crippen LogP contribution in [0.4, 0.5) is 19.1 Å². The van der Waals surface area contributed by atoms with Crippen molar-refractivity contribution in [2.24, 2.45) is 0 Å². The molecule has 3 aromatic rings. The van der Waals surface area contributed by atoms with E-state index in [0.717, 1.165) is 25.6 Å². The molecule has 0 aliphatic carbocycles. The highest BCUT2D eigenvalue weighted by Gasteiger charge is 2.38. The molecule has 2 aromatic heterocycles. The first-order valence-corrected chi connectivity index (χ1v) is 12.2. The summed E-state index contributed by atoms with van der Waals surface area (Å²) in [6.45, 7) is 4.21. The quantitative estimate of drug-likeness (QED) is 0.423. The summed E-state index contributed by atoms with van der Waals surface area (Å²) in [6, 6.07) is 4.91. The fourth-order valence-corrected chi connectivity index (χ4v) is 4.98. The lowest BCUT2D eigenvalue weighted by molar-refractivity contribution is -0.137. The van der Waals surface area contributed by atoms with Crippen LogP contribution in [-0.2, 0) is 6.18 Å². The first kappa shape index (κ1) is 24.5. The first-order chi connectivity index (χ1) is 17.2. The number of rotatable bonds is 5. The Labute approximate surface area is 206 Å². The van der Waals surface area contributed by atoms with Gasteiger partial charge in [0.2, 0.25) is 5.95 Å². The van der Waals surface area contributed by atoms with Gasteiger partial charge in [0, 0.05) is 60.1 Å². The van der Waals surface area contributed by atoms with Gasteiger partial charge in [0.1, 0.15) is 5.56 Å². The van der Waals surface area contributed by atoms with Crippen LogP contribution in [0.3, 0.4) is 0 Å². The van der Waals surface area contributed by atoms with Crippen molar-refractivity contribution in [2.75, 3.05) is 31.5 Å². The van der Waals surface area contributed by atoms with Crippen molar-refractivity contribution in [3.05, 3.63) is 41.7 Å². The number of aliphatic hydroxyl groups is 1. The van der Waals surface area contributed by atoms with Gasteiger partial charge in [-0.1, -0.05) is 13.0 Å². The van der Waals surface area contributed by atoms with Crippen molar-refractivity contribution in [1.82, 2.24) is 25.2 Å². The number of nitrogens with one attached hydrogen (secondary N) is 3. The molecule has 2 fully saturated rings. The molecular formula is C25H29F3N6O2. The van der Waals surface area contributed by atoms with E-state index in [0.29, 0.717) is 42.4 Å². The summed E-state index contributed by atoms with van der Waals surface area (Å²) in [5, 5.41) is 17.4. The highest BCUT2D eigenvalue weighted by atomic mass is 19.4. The average Bonchev–Trinajstić information content (AvgIpc) is 3.47. The summed E-state index contributed by atoms with van der Waals surface area (Å²) < 4.78 is 41.6. The van der Waals surface area contributed by atoms with Gasteiger partial charge >= 0.3 is 6.18 Å². The van der Waals surface area contributed by atoms with Crippen LogP contribution in [0.1, 0.15) is 48.5 Å². The van der Waals surface area contributed by atoms with Crippen molar-refractivity contribution >= 4 is 22.8 Å². The second kappa shape index (κ2) is 9.36. The number of nitrogens with zero attached hydrogens (tertiary/aromatic N) is 3. The zero-order valence-electron chi connectivity index (χ0n) is 20.0. The van der Waals surface area contributed by atoms with E-state index in [1.807, 2.05) is 6.92 Å². The van der Waals surface area contributed by atoms with Gasteiger partial charge in [0.05, 0.1) is 11.3 Å². The molecule has 2 atom stereocenters. The molecule has 8 nitrogen and oxygen atoms in total. The van der Waals surface area contributed by atoms with Crippen molar-refractivity contribution in [1.29, 1.82) is 0 Å². The third kappa shape index (κ3) is 4.77. The number of H-pyrrole nitrogens is 1. The molecule has 11 heteroatoms. The maximum absolute atomic E-state index is 13.9. The Morgan fingerprint density at radius 3 is 2.89 bits per heavy atom. The molecule has 4 heterocycles. The molecule has 2 aliphatic heterocycles. The van der Waals surface area contributed by atoms with E-state index in [-0.39, 0.29) is 35.7 Å². The number of likely N-dealkylation sites (tertiary alicyclic amines) is 1. The smallest absolute Gasteiger partial charge is 0.388 e. The summed E-state index contributed by atoms with van der Waals surface area (Å²) in [5.41, 5.74) is -0.807. The highest BCUT2D eigenvalue weighted by Crippen LogP contribution is 2.39. The minimum Gasteiger partial charge on any atom is -0.388 e. The number of piperidine rings is 1. The van der Waals surface area contributed by atoms with Gasteiger partial charge in [-0.3, -0.25) is 4.79 Å². The van der Waals surface area contributed by atoms with E-state index in [1.54, 1.807) is 23.1 Å². The van der Waals surface area contributed by atoms with E-state index < -0.39 is 17.3 Å². The number of anilines is 1. The molecule has 5 rings (SSSR count). The summed E-state index contributed by atoms with van der Waals surface area (Å²) in [6.07, 6.45) is 0.586. The predicted octanol–water partition coefficient (Wildman–Crippen LogP) is 3.79. The molecule has 0 saturated carbocycles. The molecular weight excluding hydrogens is 473 g/mol. The van der Waals surface area contributed by atoms with E-state index in [2.05, 4.69) is 25.6 Å². The number of hydrogen-bond acceptors (Lipinski definition) is 6. The Morgan fingerprint density at radius 1 is 1.36 bits per heavy atom. The van der Waals surface area contributed by atoms with Crippen LogP contribution in [0, 0.1) is 0 Å². The van der Waals surface area contributed by atoms with Gasteiger partial charge in [0.25, 0.3) is 5.91 Å². The fraction of sp³-hybridized carbons (Fsp3) is 0.480. The normalized spacial score (nSPS) is 22.8. The van der Waals surface area contributed by atoms with Crippen LogP contribution in [0.2, 0.25) is 0 Å². The Balaban J connectivity index is 1.47. The Kier molecular flexibility index (Phi) is 6.37. The molecule has 2 aliphatic rings. The molecule has 0 unspecified atom stereocenters. The van der Waals surface area contributed by atoms with E-state index >= 15 is 0 Å². The second-order valence-electron chi connectivity index (χ2n) is 9.66. The maximum Gasteiger partial charge on any atom is 0.419 e. The first-order valence-electron chi connectivity index (χ1n) is 12.2. The average molecular weight is 503 g/mol. The number of hydrogen-bond donors (Lipinski definition) is 4. The van der Waals surface area contributed by atoms with Gasteiger partial charge in [-0.2, -0.15) is 13.2 Å². The number of carbonyl (C=O) groups is 1. The van der Waals surface area contributed by atoms with E-state index in [4.69, 9.17) is 0 Å². The maximum atomic E-state index is 13.9. The summed E-state index contributed by atoms with van der Waals surface area (Å²) in [5.74, 6) is -0.0756. The topological polar surface area (TPSA) is 106 Å². The number of aromatic nitrogens is 3. The molecule has 0 bridgehead atoms. The molecule has 0 radical (unpaired) electrons. The van der Waals surface area contributed by atoms with Gasteiger partial charge in [-0.05, 0) is 44.4 Å². The molecule has 2 saturated heterocycles. The standard InChI is InChI=1S/C25H29F3N6O2/c1-2-24(36)7-9-34(14-24)22(35)15-5-6-17-18(12-30-20(17)10-15)21-19(25(26,27)28)13-31-23(33-21)32-16-4-3-8-29-11-16/h5-6,10,12-13,16,29-30,36H,2-4,7-9,11,14H2,1H3,(H,31,32,33)/t16-,24+/m0/s1. The number of fused-ring (bicyclic) bond motifs is 1. The third-order valence-corrected chi connectivity index (χ3v) is 7.19. The summed E-state index contributed by atoms with van der Waals surface area (Å²) in [4.78, 5) is 25.8. The number of alkyl halides is 3. The third-order valence-electron chi connectivity index (χ3n) is 7.19. The van der Waals surface area contributed by atoms with Gasteiger partial charge in [-0.25, -0.2) is 9.97 Å². The summed E-state index contributed by atoms with van der Waals surface area (Å²) in [7, 11) is 0. The number of amides is 1. The zero-order chi connectivity index (χ0) is 25.5. The number of β-amino-alcohol motifs (C(OH)–C–C–N with tert-alkyl or cyclic N) is 1. The van der Waals surface area contributed by atoms with Crippen LogP contribution in [0.25, 0.3) is 22.2 Å². The lowest BCUT2D eigenvalue weighted by Crippen LogP contribution is -2.38. The van der Waals surface area contributed by atoms with Crippen molar-refractivity contribution < 1.29 is 23.1 Å². The van der Waals surface area contributed by atoms with E-state index in [9.17, 15) is 23.1 Å². The predicted molar refractivity (Wildman–Crippen MR) is 130 cm³/mol. The minimum absolute atomic E-state index is 0.0378. The van der Waals surface area contributed by atoms with Gasteiger partial charge < -0.3 is 25.6 Å². The Bertz CT molecular complexity index is 1270. The van der Waals surface area contributed by atoms with Gasteiger partial charge in [-0.15, -0.1) is 0 Å². The summed E-state index contributed by atoms with van der Waals surface area (Å²) >= 11 is 0.